The third-order valence-electron chi connectivity index (χ3n) is 3.43. The van der Waals surface area contributed by atoms with Crippen molar-refractivity contribution < 1.29 is 13.2 Å². The van der Waals surface area contributed by atoms with Gasteiger partial charge in [0.15, 0.2) is 0 Å². The first-order valence-electron chi connectivity index (χ1n) is 5.81. The molecule has 2 unspecified atom stereocenters. The lowest BCUT2D eigenvalue weighted by atomic mass is 9.97. The van der Waals surface area contributed by atoms with Gasteiger partial charge in [-0.25, -0.2) is 13.1 Å². The zero-order valence-electron chi connectivity index (χ0n) is 10.5. The SMILES string of the molecule is CC1OCCC1(C)NS(=O)(=O)c1ccsc1CN. The van der Waals surface area contributed by atoms with E-state index in [0.29, 0.717) is 17.9 Å². The fraction of sp³-hybridized carbons (Fsp3) is 0.636. The van der Waals surface area contributed by atoms with E-state index in [1.807, 2.05) is 13.8 Å². The average Bonchev–Trinajstić information content (AvgIpc) is 2.86. The Morgan fingerprint density at radius 3 is 2.94 bits per heavy atom. The van der Waals surface area contributed by atoms with Crippen molar-refractivity contribution in [3.8, 4) is 0 Å². The standard InChI is InChI=1S/C11H18N2O3S2/c1-8-11(2,4-5-16-8)13-18(14,15)10-3-6-17-9(10)7-12/h3,6,8,13H,4-5,7,12H2,1-2H3. The number of rotatable bonds is 4. The molecule has 0 saturated carbocycles. The van der Waals surface area contributed by atoms with Crippen LogP contribution >= 0.6 is 11.3 Å². The summed E-state index contributed by atoms with van der Waals surface area (Å²) < 4.78 is 32.9. The van der Waals surface area contributed by atoms with Crippen molar-refractivity contribution in [3.05, 3.63) is 16.3 Å². The molecule has 0 amide bonds. The summed E-state index contributed by atoms with van der Waals surface area (Å²) >= 11 is 1.36. The Morgan fingerprint density at radius 2 is 2.39 bits per heavy atom. The summed E-state index contributed by atoms with van der Waals surface area (Å²) in [7, 11) is -3.53. The average molecular weight is 290 g/mol. The van der Waals surface area contributed by atoms with Crippen LogP contribution in [0.1, 0.15) is 25.1 Å². The molecule has 2 atom stereocenters. The van der Waals surface area contributed by atoms with E-state index in [2.05, 4.69) is 4.72 Å². The lowest BCUT2D eigenvalue weighted by Gasteiger charge is -2.28. The lowest BCUT2D eigenvalue weighted by molar-refractivity contribution is 0.0957. The van der Waals surface area contributed by atoms with E-state index in [9.17, 15) is 8.42 Å². The first-order valence-corrected chi connectivity index (χ1v) is 8.17. The van der Waals surface area contributed by atoms with Crippen LogP contribution in [0.5, 0.6) is 0 Å². The topological polar surface area (TPSA) is 81.4 Å². The summed E-state index contributed by atoms with van der Waals surface area (Å²) in [6.45, 7) is 4.56. The quantitative estimate of drug-likeness (QED) is 0.868. The third kappa shape index (κ3) is 2.46. The lowest BCUT2D eigenvalue weighted by Crippen LogP contribution is -2.50. The van der Waals surface area contributed by atoms with Gasteiger partial charge in [-0.05, 0) is 31.7 Å². The zero-order chi connectivity index (χ0) is 13.4. The molecular weight excluding hydrogens is 272 g/mol. The first kappa shape index (κ1) is 14.0. The molecule has 0 aliphatic carbocycles. The molecule has 1 saturated heterocycles. The number of nitrogens with one attached hydrogen (secondary N) is 1. The molecule has 3 N–H and O–H groups in total. The molecule has 0 spiro atoms. The molecule has 1 fully saturated rings. The van der Waals surface area contributed by atoms with Crippen LogP contribution in [0.15, 0.2) is 16.3 Å². The minimum atomic E-state index is -3.53. The molecule has 2 rings (SSSR count). The van der Waals surface area contributed by atoms with Crippen molar-refractivity contribution in [2.75, 3.05) is 6.61 Å². The van der Waals surface area contributed by atoms with Crippen LogP contribution in [0.2, 0.25) is 0 Å². The van der Waals surface area contributed by atoms with E-state index < -0.39 is 15.6 Å². The highest BCUT2D eigenvalue weighted by Gasteiger charge is 2.41. The number of ether oxygens (including phenoxy) is 1. The van der Waals surface area contributed by atoms with Crippen molar-refractivity contribution >= 4 is 21.4 Å². The summed E-state index contributed by atoms with van der Waals surface area (Å²) in [6, 6.07) is 1.60. The van der Waals surface area contributed by atoms with Crippen LogP contribution in [-0.4, -0.2) is 26.7 Å². The van der Waals surface area contributed by atoms with E-state index in [1.54, 1.807) is 11.4 Å². The summed E-state index contributed by atoms with van der Waals surface area (Å²) in [6.07, 6.45) is 0.544. The molecule has 7 heteroatoms. The predicted molar refractivity (Wildman–Crippen MR) is 71.0 cm³/mol. The van der Waals surface area contributed by atoms with Crippen LogP contribution < -0.4 is 10.5 Å². The Kier molecular flexibility index (Phi) is 3.80. The van der Waals surface area contributed by atoms with Crippen molar-refractivity contribution in [2.45, 2.75) is 43.4 Å². The maximum atomic E-state index is 12.4. The summed E-state index contributed by atoms with van der Waals surface area (Å²) in [5.41, 5.74) is 5.00. The Hall–Kier alpha value is -0.470. The number of hydrogen-bond donors (Lipinski definition) is 2. The molecule has 1 aromatic heterocycles. The van der Waals surface area contributed by atoms with Crippen LogP contribution in [0.25, 0.3) is 0 Å². The number of sulfonamides is 1. The molecule has 0 radical (unpaired) electrons. The van der Waals surface area contributed by atoms with Crippen LogP contribution in [0, 0.1) is 0 Å². The first-order chi connectivity index (χ1) is 8.39. The Balaban J connectivity index is 2.28. The smallest absolute Gasteiger partial charge is 0.242 e. The predicted octanol–water partition coefficient (Wildman–Crippen LogP) is 1.05. The Labute approximate surface area is 111 Å². The second-order valence-electron chi connectivity index (χ2n) is 4.70. The maximum absolute atomic E-state index is 12.4. The summed E-state index contributed by atoms with van der Waals surface area (Å²) in [4.78, 5) is 0.966. The molecular formula is C11H18N2O3S2. The second-order valence-corrected chi connectivity index (χ2v) is 7.35. The fourth-order valence-electron chi connectivity index (χ4n) is 2.05. The van der Waals surface area contributed by atoms with E-state index in [-0.39, 0.29) is 17.5 Å². The summed E-state index contributed by atoms with van der Waals surface area (Å²) in [5, 5.41) is 1.74. The minimum Gasteiger partial charge on any atom is -0.376 e. The van der Waals surface area contributed by atoms with E-state index in [0.717, 1.165) is 0 Å². The third-order valence-corrected chi connectivity index (χ3v) is 6.20. The molecule has 5 nitrogen and oxygen atoms in total. The van der Waals surface area contributed by atoms with Crippen LogP contribution in [0.4, 0.5) is 0 Å². The van der Waals surface area contributed by atoms with Gasteiger partial charge in [0.05, 0.1) is 16.5 Å². The molecule has 0 bridgehead atoms. The monoisotopic (exact) mass is 290 g/mol. The molecule has 1 aromatic rings. The van der Waals surface area contributed by atoms with Gasteiger partial charge in [0.2, 0.25) is 10.0 Å². The minimum absolute atomic E-state index is 0.132. The van der Waals surface area contributed by atoms with Gasteiger partial charge in [-0.15, -0.1) is 11.3 Å². The zero-order valence-corrected chi connectivity index (χ0v) is 12.1. The fourth-order valence-corrected chi connectivity index (χ4v) is 4.88. The van der Waals surface area contributed by atoms with Crippen molar-refractivity contribution in [3.63, 3.8) is 0 Å². The number of hydrogen-bond acceptors (Lipinski definition) is 5. The highest BCUT2D eigenvalue weighted by atomic mass is 32.2. The number of thiophene rings is 1. The van der Waals surface area contributed by atoms with Gasteiger partial charge < -0.3 is 10.5 Å². The van der Waals surface area contributed by atoms with Crippen LogP contribution in [0.3, 0.4) is 0 Å². The van der Waals surface area contributed by atoms with Gasteiger partial charge >= 0.3 is 0 Å². The molecule has 102 valence electrons. The van der Waals surface area contributed by atoms with E-state index in [1.165, 1.54) is 11.3 Å². The molecule has 0 aromatic carbocycles. The molecule has 18 heavy (non-hydrogen) atoms. The maximum Gasteiger partial charge on any atom is 0.242 e. The van der Waals surface area contributed by atoms with Crippen molar-refractivity contribution in [1.82, 2.24) is 4.72 Å². The molecule has 2 heterocycles. The summed E-state index contributed by atoms with van der Waals surface area (Å²) in [5.74, 6) is 0. The molecule has 1 aliphatic rings. The van der Waals surface area contributed by atoms with Gasteiger partial charge in [0, 0.05) is 18.0 Å². The van der Waals surface area contributed by atoms with Gasteiger partial charge in [-0.1, -0.05) is 0 Å². The Morgan fingerprint density at radius 1 is 1.67 bits per heavy atom. The van der Waals surface area contributed by atoms with Crippen molar-refractivity contribution in [1.29, 1.82) is 0 Å². The number of nitrogens with two attached hydrogens (primary N) is 1. The van der Waals surface area contributed by atoms with E-state index in [4.69, 9.17) is 10.5 Å². The van der Waals surface area contributed by atoms with Gasteiger partial charge in [0.25, 0.3) is 0 Å². The Bertz CT molecular complexity index is 526. The largest absolute Gasteiger partial charge is 0.376 e. The highest BCUT2D eigenvalue weighted by molar-refractivity contribution is 7.89. The highest BCUT2D eigenvalue weighted by Crippen LogP contribution is 2.29. The van der Waals surface area contributed by atoms with Crippen molar-refractivity contribution in [2.24, 2.45) is 5.73 Å². The van der Waals surface area contributed by atoms with Gasteiger partial charge in [0.1, 0.15) is 0 Å². The van der Waals surface area contributed by atoms with E-state index >= 15 is 0 Å². The molecule has 1 aliphatic heterocycles. The van der Waals surface area contributed by atoms with Gasteiger partial charge in [-0.2, -0.15) is 0 Å². The van der Waals surface area contributed by atoms with Gasteiger partial charge in [-0.3, -0.25) is 0 Å². The second kappa shape index (κ2) is 4.90. The van der Waals surface area contributed by atoms with Crippen LogP contribution in [-0.2, 0) is 21.3 Å². The normalized spacial score (nSPS) is 28.7.